The van der Waals surface area contributed by atoms with Crippen molar-refractivity contribution in [3.8, 4) is 0 Å². The molecule has 1 aliphatic heterocycles. The Morgan fingerprint density at radius 2 is 1.77 bits per heavy atom. The van der Waals surface area contributed by atoms with Gasteiger partial charge in [-0.25, -0.2) is 12.8 Å². The molecular weight excluding hydrogens is 425 g/mol. The Hall–Kier alpha value is -3.08. The molecule has 0 spiro atoms. The monoisotopic (exact) mass is 445 g/mol. The average Bonchev–Trinajstić information content (AvgIpc) is 2.77. The number of benzene rings is 2. The summed E-state index contributed by atoms with van der Waals surface area (Å²) in [6.07, 6.45) is 1.37. The summed E-state index contributed by atoms with van der Waals surface area (Å²) in [5, 5.41) is 2.85. The first-order valence-electron chi connectivity index (χ1n) is 9.62. The van der Waals surface area contributed by atoms with E-state index >= 15 is 0 Å². The van der Waals surface area contributed by atoms with Gasteiger partial charge in [0.2, 0.25) is 15.9 Å². The number of rotatable bonds is 5. The molecule has 0 aliphatic carbocycles. The lowest BCUT2D eigenvalue weighted by molar-refractivity contribution is -0.116. The topological polar surface area (TPSA) is 97.7 Å². The van der Waals surface area contributed by atoms with Gasteiger partial charge in [0.15, 0.2) is 5.43 Å². The Balaban J connectivity index is 1.49. The number of hydrogen-bond acceptors (Lipinski definition) is 5. The standard InChI is InChI=1S/C21H20FN3O5S/c22-18-3-1-2-17-19(26)8-9-24(21(17)18)14-20(27)23-15-4-6-16(7-5-15)31(28,29)25-10-12-30-13-11-25/h1-9H,10-14H2,(H,23,27). The third kappa shape index (κ3) is 4.36. The Morgan fingerprint density at radius 1 is 1.06 bits per heavy atom. The van der Waals surface area contributed by atoms with Crippen LogP contribution in [0.25, 0.3) is 10.9 Å². The molecule has 0 radical (unpaired) electrons. The summed E-state index contributed by atoms with van der Waals surface area (Å²) in [6.45, 7) is 1.09. The molecule has 1 N–H and O–H groups in total. The molecule has 31 heavy (non-hydrogen) atoms. The lowest BCUT2D eigenvalue weighted by Gasteiger charge is -2.26. The number of para-hydroxylation sites is 1. The minimum atomic E-state index is -3.62. The molecule has 162 valence electrons. The van der Waals surface area contributed by atoms with E-state index in [1.165, 1.54) is 63.6 Å². The number of anilines is 1. The van der Waals surface area contributed by atoms with E-state index in [2.05, 4.69) is 5.32 Å². The third-order valence-corrected chi connectivity index (χ3v) is 6.92. The first-order chi connectivity index (χ1) is 14.9. The number of nitrogens with one attached hydrogen (secondary N) is 1. The van der Waals surface area contributed by atoms with Crippen LogP contribution in [0.15, 0.2) is 64.4 Å². The number of aromatic nitrogens is 1. The molecule has 1 fully saturated rings. The number of carbonyl (C=O) groups excluding carboxylic acids is 1. The zero-order valence-electron chi connectivity index (χ0n) is 16.5. The van der Waals surface area contributed by atoms with Gasteiger partial charge in [-0.3, -0.25) is 9.59 Å². The second-order valence-corrected chi connectivity index (χ2v) is 8.97. The van der Waals surface area contributed by atoms with Crippen molar-refractivity contribution in [2.24, 2.45) is 0 Å². The Labute approximate surface area is 177 Å². The Morgan fingerprint density at radius 3 is 2.48 bits per heavy atom. The number of ether oxygens (including phenoxy) is 1. The average molecular weight is 445 g/mol. The van der Waals surface area contributed by atoms with Crippen LogP contribution in [0, 0.1) is 5.82 Å². The highest BCUT2D eigenvalue weighted by Crippen LogP contribution is 2.20. The van der Waals surface area contributed by atoms with Gasteiger partial charge in [0.05, 0.1) is 23.6 Å². The molecule has 0 unspecified atom stereocenters. The van der Waals surface area contributed by atoms with Gasteiger partial charge in [-0.15, -0.1) is 0 Å². The number of fused-ring (bicyclic) bond motifs is 1. The van der Waals surface area contributed by atoms with Crippen LogP contribution >= 0.6 is 0 Å². The van der Waals surface area contributed by atoms with E-state index in [-0.39, 0.29) is 27.8 Å². The molecule has 0 saturated carbocycles. The summed E-state index contributed by atoms with van der Waals surface area (Å²) in [5.41, 5.74) is 0.122. The molecule has 2 aromatic carbocycles. The molecule has 1 aliphatic rings. The van der Waals surface area contributed by atoms with Gasteiger partial charge in [0, 0.05) is 36.4 Å². The van der Waals surface area contributed by atoms with Gasteiger partial charge >= 0.3 is 0 Å². The van der Waals surface area contributed by atoms with Crippen molar-refractivity contribution < 1.29 is 22.3 Å². The second-order valence-electron chi connectivity index (χ2n) is 7.03. The van der Waals surface area contributed by atoms with Gasteiger partial charge in [-0.2, -0.15) is 4.31 Å². The molecular formula is C21H20FN3O5S. The van der Waals surface area contributed by atoms with Crippen molar-refractivity contribution in [2.75, 3.05) is 31.6 Å². The number of morpholine rings is 1. The fourth-order valence-corrected chi connectivity index (χ4v) is 4.87. The van der Waals surface area contributed by atoms with E-state index in [1.54, 1.807) is 0 Å². The highest BCUT2D eigenvalue weighted by molar-refractivity contribution is 7.89. The van der Waals surface area contributed by atoms with Gasteiger partial charge < -0.3 is 14.6 Å². The van der Waals surface area contributed by atoms with Gasteiger partial charge in [-0.05, 0) is 36.4 Å². The summed E-state index contributed by atoms with van der Waals surface area (Å²) in [7, 11) is -3.62. The quantitative estimate of drug-likeness (QED) is 0.646. The molecule has 0 atom stereocenters. The Bertz CT molecular complexity index is 1280. The van der Waals surface area contributed by atoms with Crippen molar-refractivity contribution in [1.82, 2.24) is 8.87 Å². The number of carbonyl (C=O) groups is 1. The van der Waals surface area contributed by atoms with Gasteiger partial charge in [-0.1, -0.05) is 6.07 Å². The number of amides is 1. The molecule has 1 saturated heterocycles. The number of sulfonamides is 1. The van der Waals surface area contributed by atoms with E-state index < -0.39 is 21.7 Å². The van der Waals surface area contributed by atoms with Crippen LogP contribution < -0.4 is 10.7 Å². The highest BCUT2D eigenvalue weighted by atomic mass is 32.2. The number of nitrogens with zero attached hydrogens (tertiary/aromatic N) is 2. The maximum absolute atomic E-state index is 14.3. The minimum Gasteiger partial charge on any atom is -0.379 e. The fraction of sp³-hybridized carbons (Fsp3) is 0.238. The first kappa shape index (κ1) is 21.2. The molecule has 1 aromatic heterocycles. The zero-order valence-corrected chi connectivity index (χ0v) is 17.3. The van der Waals surface area contributed by atoms with Crippen LogP contribution in [-0.4, -0.2) is 49.5 Å². The maximum Gasteiger partial charge on any atom is 0.244 e. The molecule has 0 bridgehead atoms. The molecule has 8 nitrogen and oxygen atoms in total. The zero-order chi connectivity index (χ0) is 22.0. The van der Waals surface area contributed by atoms with Gasteiger partial charge in [0.25, 0.3) is 0 Å². The normalized spacial score (nSPS) is 15.1. The van der Waals surface area contributed by atoms with E-state index in [4.69, 9.17) is 4.74 Å². The first-order valence-corrected chi connectivity index (χ1v) is 11.1. The maximum atomic E-state index is 14.3. The summed E-state index contributed by atoms with van der Waals surface area (Å²) in [4.78, 5) is 24.6. The SMILES string of the molecule is O=C(Cn1ccc(=O)c2cccc(F)c21)Nc1ccc(S(=O)(=O)N2CCOCC2)cc1. The van der Waals surface area contributed by atoms with E-state index in [1.807, 2.05) is 0 Å². The molecule has 1 amide bonds. The van der Waals surface area contributed by atoms with Crippen molar-refractivity contribution in [2.45, 2.75) is 11.4 Å². The largest absolute Gasteiger partial charge is 0.379 e. The van der Waals surface area contributed by atoms with Gasteiger partial charge in [0.1, 0.15) is 12.4 Å². The van der Waals surface area contributed by atoms with Crippen LogP contribution in [-0.2, 0) is 26.1 Å². The van der Waals surface area contributed by atoms with Crippen LogP contribution in [0.5, 0.6) is 0 Å². The molecule has 2 heterocycles. The third-order valence-electron chi connectivity index (χ3n) is 5.01. The lowest BCUT2D eigenvalue weighted by atomic mass is 10.2. The second kappa shape index (κ2) is 8.58. The summed E-state index contributed by atoms with van der Waals surface area (Å²) in [5.74, 6) is -1.04. The van der Waals surface area contributed by atoms with Crippen LogP contribution in [0.2, 0.25) is 0 Å². The minimum absolute atomic E-state index is 0.0529. The summed E-state index contributed by atoms with van der Waals surface area (Å²) >= 11 is 0. The Kier molecular flexibility index (Phi) is 5.86. The van der Waals surface area contributed by atoms with Crippen LogP contribution in [0.3, 0.4) is 0 Å². The predicted octanol–water partition coefficient (Wildman–Crippen LogP) is 1.80. The number of halogens is 1. The lowest BCUT2D eigenvalue weighted by Crippen LogP contribution is -2.40. The predicted molar refractivity (Wildman–Crippen MR) is 113 cm³/mol. The van der Waals surface area contributed by atoms with Crippen molar-refractivity contribution >= 4 is 32.5 Å². The van der Waals surface area contributed by atoms with Crippen molar-refractivity contribution in [1.29, 1.82) is 0 Å². The molecule has 3 aromatic rings. The summed E-state index contributed by atoms with van der Waals surface area (Å²) < 4.78 is 47.5. The smallest absolute Gasteiger partial charge is 0.244 e. The molecule has 10 heteroatoms. The van der Waals surface area contributed by atoms with Crippen LogP contribution in [0.4, 0.5) is 10.1 Å². The van der Waals surface area contributed by atoms with E-state index in [9.17, 15) is 22.4 Å². The number of pyridine rings is 1. The fourth-order valence-electron chi connectivity index (χ4n) is 3.46. The molecule has 4 rings (SSSR count). The van der Waals surface area contributed by atoms with Crippen LogP contribution in [0.1, 0.15) is 0 Å². The number of hydrogen-bond donors (Lipinski definition) is 1. The van der Waals surface area contributed by atoms with E-state index in [0.29, 0.717) is 32.0 Å². The van der Waals surface area contributed by atoms with E-state index in [0.717, 1.165) is 0 Å². The summed E-state index contributed by atoms with van der Waals surface area (Å²) in [6, 6.07) is 11.3. The highest BCUT2D eigenvalue weighted by Gasteiger charge is 2.26. The van der Waals surface area contributed by atoms with Crippen molar-refractivity contribution in [3.05, 3.63) is 70.8 Å². The van der Waals surface area contributed by atoms with Crippen molar-refractivity contribution in [3.63, 3.8) is 0 Å².